The first-order valence-electron chi connectivity index (χ1n) is 5.59. The maximum absolute atomic E-state index is 12.1. The average molecular weight is 299 g/mol. The van der Waals surface area contributed by atoms with Crippen molar-refractivity contribution in [1.29, 1.82) is 0 Å². The van der Waals surface area contributed by atoms with Crippen molar-refractivity contribution in [1.82, 2.24) is 20.1 Å². The highest BCUT2D eigenvalue weighted by molar-refractivity contribution is 6.43. The summed E-state index contributed by atoms with van der Waals surface area (Å²) >= 11 is 11.9. The zero-order valence-electron chi connectivity index (χ0n) is 10.4. The number of hydrogen-bond donors (Lipinski definition) is 1. The van der Waals surface area contributed by atoms with Crippen molar-refractivity contribution in [3.05, 3.63) is 46.0 Å². The van der Waals surface area contributed by atoms with Gasteiger partial charge in [0.05, 0.1) is 21.7 Å². The number of halogens is 2. The summed E-state index contributed by atoms with van der Waals surface area (Å²) in [5.41, 5.74) is 0.336. The molecule has 0 bridgehead atoms. The molecule has 5 nitrogen and oxygen atoms in total. The molecule has 0 aliphatic heterocycles. The van der Waals surface area contributed by atoms with E-state index in [1.165, 1.54) is 0 Å². The molecule has 1 atom stereocenters. The number of rotatable bonds is 3. The number of aromatic nitrogens is 3. The Morgan fingerprint density at radius 3 is 2.79 bits per heavy atom. The van der Waals surface area contributed by atoms with E-state index in [1.807, 2.05) is 14.0 Å². The molecule has 1 heterocycles. The SMILES string of the molecule is C[C@H](NC(=O)c1cccc(Cl)c1Cl)c1nncn1C. The first kappa shape index (κ1) is 13.8. The van der Waals surface area contributed by atoms with E-state index in [0.29, 0.717) is 16.4 Å². The lowest BCUT2D eigenvalue weighted by Crippen LogP contribution is -2.28. The Morgan fingerprint density at radius 1 is 1.42 bits per heavy atom. The van der Waals surface area contributed by atoms with Gasteiger partial charge in [0.15, 0.2) is 5.82 Å². The standard InChI is InChI=1S/C12H12Cl2N4O/c1-7(11-17-15-6-18(11)2)16-12(19)8-4-3-5-9(13)10(8)14/h3-7H,1-2H3,(H,16,19)/t7-/m0/s1. The fraction of sp³-hybridized carbons (Fsp3) is 0.250. The molecule has 1 aromatic carbocycles. The Bertz CT molecular complexity index is 612. The highest BCUT2D eigenvalue weighted by atomic mass is 35.5. The highest BCUT2D eigenvalue weighted by Gasteiger charge is 2.18. The first-order valence-corrected chi connectivity index (χ1v) is 6.35. The van der Waals surface area contributed by atoms with Gasteiger partial charge in [-0.25, -0.2) is 0 Å². The fourth-order valence-corrected chi connectivity index (χ4v) is 2.09. The summed E-state index contributed by atoms with van der Waals surface area (Å²) in [7, 11) is 1.81. The molecule has 0 aliphatic carbocycles. The van der Waals surface area contributed by atoms with Gasteiger partial charge in [-0.05, 0) is 19.1 Å². The maximum atomic E-state index is 12.1. The van der Waals surface area contributed by atoms with Crippen LogP contribution in [-0.4, -0.2) is 20.7 Å². The molecule has 100 valence electrons. The molecule has 1 amide bonds. The van der Waals surface area contributed by atoms with E-state index in [1.54, 1.807) is 29.1 Å². The third-order valence-corrected chi connectivity index (χ3v) is 3.50. The van der Waals surface area contributed by atoms with Crippen molar-refractivity contribution in [3.8, 4) is 0 Å². The second kappa shape index (κ2) is 5.59. The van der Waals surface area contributed by atoms with Crippen LogP contribution in [0, 0.1) is 0 Å². The minimum absolute atomic E-state index is 0.242. The van der Waals surface area contributed by atoms with Gasteiger partial charge in [-0.1, -0.05) is 29.3 Å². The summed E-state index contributed by atoms with van der Waals surface area (Å²) in [6, 6.07) is 4.64. The van der Waals surface area contributed by atoms with Gasteiger partial charge >= 0.3 is 0 Å². The Balaban J connectivity index is 2.18. The van der Waals surface area contributed by atoms with Crippen LogP contribution in [0.2, 0.25) is 10.0 Å². The Hall–Kier alpha value is -1.59. The quantitative estimate of drug-likeness (QED) is 0.947. The monoisotopic (exact) mass is 298 g/mol. The van der Waals surface area contributed by atoms with Gasteiger partial charge in [0, 0.05) is 7.05 Å². The van der Waals surface area contributed by atoms with Gasteiger partial charge in [-0.15, -0.1) is 10.2 Å². The van der Waals surface area contributed by atoms with E-state index < -0.39 is 0 Å². The molecule has 0 saturated carbocycles. The molecule has 1 N–H and O–H groups in total. The highest BCUT2D eigenvalue weighted by Crippen LogP contribution is 2.25. The van der Waals surface area contributed by atoms with E-state index in [9.17, 15) is 4.79 Å². The summed E-state index contributed by atoms with van der Waals surface area (Å²) < 4.78 is 1.74. The van der Waals surface area contributed by atoms with Crippen LogP contribution >= 0.6 is 23.2 Å². The number of carbonyl (C=O) groups is 1. The molecule has 7 heteroatoms. The van der Waals surface area contributed by atoms with Gasteiger partial charge in [-0.2, -0.15) is 0 Å². The second-order valence-electron chi connectivity index (χ2n) is 4.10. The molecule has 2 rings (SSSR count). The van der Waals surface area contributed by atoms with E-state index in [2.05, 4.69) is 15.5 Å². The molecule has 19 heavy (non-hydrogen) atoms. The second-order valence-corrected chi connectivity index (χ2v) is 4.88. The van der Waals surface area contributed by atoms with Crippen LogP contribution < -0.4 is 5.32 Å². The summed E-state index contributed by atoms with van der Waals surface area (Å²) in [5.74, 6) is 0.356. The minimum Gasteiger partial charge on any atom is -0.342 e. The van der Waals surface area contributed by atoms with Gasteiger partial charge in [-0.3, -0.25) is 4.79 Å². The van der Waals surface area contributed by atoms with E-state index in [4.69, 9.17) is 23.2 Å². The number of aryl methyl sites for hydroxylation is 1. The lowest BCUT2D eigenvalue weighted by Gasteiger charge is -2.13. The number of benzene rings is 1. The van der Waals surface area contributed by atoms with E-state index in [0.717, 1.165) is 0 Å². The first-order chi connectivity index (χ1) is 9.00. The van der Waals surface area contributed by atoms with Crippen molar-refractivity contribution < 1.29 is 4.79 Å². The lowest BCUT2D eigenvalue weighted by molar-refractivity contribution is 0.0938. The van der Waals surface area contributed by atoms with Crippen molar-refractivity contribution in [3.63, 3.8) is 0 Å². The van der Waals surface area contributed by atoms with E-state index in [-0.39, 0.29) is 17.0 Å². The lowest BCUT2D eigenvalue weighted by atomic mass is 10.2. The molecular formula is C12H12Cl2N4O. The van der Waals surface area contributed by atoms with Crippen LogP contribution in [0.25, 0.3) is 0 Å². The number of nitrogens with zero attached hydrogens (tertiary/aromatic N) is 3. The number of hydrogen-bond acceptors (Lipinski definition) is 3. The molecule has 0 radical (unpaired) electrons. The number of carbonyl (C=O) groups excluding carboxylic acids is 1. The zero-order chi connectivity index (χ0) is 14.0. The maximum Gasteiger partial charge on any atom is 0.253 e. The van der Waals surface area contributed by atoms with E-state index >= 15 is 0 Å². The van der Waals surface area contributed by atoms with Crippen molar-refractivity contribution in [2.45, 2.75) is 13.0 Å². The van der Waals surface area contributed by atoms with Gasteiger partial charge in [0.2, 0.25) is 0 Å². The van der Waals surface area contributed by atoms with Crippen LogP contribution in [0.3, 0.4) is 0 Å². The van der Waals surface area contributed by atoms with Crippen molar-refractivity contribution in [2.75, 3.05) is 0 Å². The van der Waals surface area contributed by atoms with Gasteiger partial charge < -0.3 is 9.88 Å². The normalized spacial score (nSPS) is 12.2. The fourth-order valence-electron chi connectivity index (χ4n) is 1.70. The molecule has 0 fully saturated rings. The molecule has 1 aromatic heterocycles. The summed E-state index contributed by atoms with van der Waals surface area (Å²) in [4.78, 5) is 12.1. The third-order valence-electron chi connectivity index (χ3n) is 2.68. The Morgan fingerprint density at radius 2 is 2.16 bits per heavy atom. The summed E-state index contributed by atoms with van der Waals surface area (Å²) in [6.07, 6.45) is 1.57. The smallest absolute Gasteiger partial charge is 0.253 e. The predicted octanol–water partition coefficient (Wildman–Crippen LogP) is 2.61. The predicted molar refractivity (Wildman–Crippen MR) is 73.3 cm³/mol. The molecular weight excluding hydrogens is 287 g/mol. The van der Waals surface area contributed by atoms with Crippen LogP contribution in [0.5, 0.6) is 0 Å². The number of amides is 1. The molecule has 0 unspecified atom stereocenters. The van der Waals surface area contributed by atoms with Crippen LogP contribution in [0.4, 0.5) is 0 Å². The van der Waals surface area contributed by atoms with Gasteiger partial charge in [0.25, 0.3) is 5.91 Å². The molecule has 2 aromatic rings. The third kappa shape index (κ3) is 2.88. The number of nitrogens with one attached hydrogen (secondary N) is 1. The molecule has 0 saturated heterocycles. The van der Waals surface area contributed by atoms with Crippen LogP contribution in [0.1, 0.15) is 29.1 Å². The Labute approximate surface area is 120 Å². The molecule has 0 aliphatic rings. The summed E-state index contributed by atoms with van der Waals surface area (Å²) in [6.45, 7) is 1.82. The zero-order valence-corrected chi connectivity index (χ0v) is 11.9. The van der Waals surface area contributed by atoms with Crippen molar-refractivity contribution >= 4 is 29.1 Å². The molecule has 0 spiro atoms. The minimum atomic E-state index is -0.303. The topological polar surface area (TPSA) is 59.8 Å². The van der Waals surface area contributed by atoms with Gasteiger partial charge in [0.1, 0.15) is 6.33 Å². The summed E-state index contributed by atoms with van der Waals surface area (Å²) in [5, 5.41) is 11.1. The Kier molecular flexibility index (Phi) is 4.07. The average Bonchev–Trinajstić information content (AvgIpc) is 2.79. The largest absolute Gasteiger partial charge is 0.342 e. The van der Waals surface area contributed by atoms with Crippen LogP contribution in [-0.2, 0) is 7.05 Å². The van der Waals surface area contributed by atoms with Crippen LogP contribution in [0.15, 0.2) is 24.5 Å². The van der Waals surface area contributed by atoms with Crippen molar-refractivity contribution in [2.24, 2.45) is 7.05 Å².